The molecule has 0 unspecified atom stereocenters. The van der Waals surface area contributed by atoms with Gasteiger partial charge in [0.15, 0.2) is 5.82 Å². The molecule has 0 saturated heterocycles. The summed E-state index contributed by atoms with van der Waals surface area (Å²) in [4.78, 5) is 8.29. The molecular formula is C12H13N5O. The average molecular weight is 243 g/mol. The quantitative estimate of drug-likeness (QED) is 0.492. The van der Waals surface area contributed by atoms with Crippen molar-refractivity contribution < 1.29 is 5.21 Å². The van der Waals surface area contributed by atoms with Crippen molar-refractivity contribution in [3.8, 4) is 0 Å². The van der Waals surface area contributed by atoms with Crippen LogP contribution in [0.1, 0.15) is 13.8 Å². The molecule has 0 aliphatic heterocycles. The Morgan fingerprint density at radius 3 is 2.72 bits per heavy atom. The number of fused-ring (bicyclic) bond motifs is 1. The first kappa shape index (κ1) is 12.0. The zero-order chi connectivity index (χ0) is 13.0. The van der Waals surface area contributed by atoms with E-state index < -0.39 is 0 Å². The molecule has 1 aromatic heterocycles. The van der Waals surface area contributed by atoms with Crippen molar-refractivity contribution in [3.05, 3.63) is 30.6 Å². The van der Waals surface area contributed by atoms with Gasteiger partial charge in [0.1, 0.15) is 6.33 Å². The van der Waals surface area contributed by atoms with Gasteiger partial charge in [-0.1, -0.05) is 17.3 Å². The van der Waals surface area contributed by atoms with Gasteiger partial charge in [-0.3, -0.25) is 5.43 Å². The molecule has 0 radical (unpaired) electrons. The Labute approximate surface area is 104 Å². The maximum Gasteiger partial charge on any atom is 0.157 e. The predicted octanol–water partition coefficient (Wildman–Crippen LogP) is 2.27. The first-order valence-electron chi connectivity index (χ1n) is 5.41. The zero-order valence-electron chi connectivity index (χ0n) is 10.1. The Morgan fingerprint density at radius 2 is 1.94 bits per heavy atom. The maximum atomic E-state index is 8.63. The minimum atomic E-state index is 0.445. The van der Waals surface area contributed by atoms with E-state index in [1.807, 2.05) is 24.3 Å². The summed E-state index contributed by atoms with van der Waals surface area (Å²) in [7, 11) is 0. The van der Waals surface area contributed by atoms with Gasteiger partial charge in [-0.15, -0.1) is 0 Å². The second kappa shape index (κ2) is 5.22. The molecular weight excluding hydrogens is 230 g/mol. The van der Waals surface area contributed by atoms with Crippen LogP contribution >= 0.6 is 0 Å². The number of hydrazone groups is 1. The number of aromatic nitrogens is 2. The van der Waals surface area contributed by atoms with Crippen molar-refractivity contribution in [1.82, 2.24) is 9.97 Å². The minimum Gasteiger partial charge on any atom is -0.411 e. The van der Waals surface area contributed by atoms with Gasteiger partial charge in [-0.05, 0) is 26.0 Å². The number of para-hydroxylation sites is 1. The highest BCUT2D eigenvalue weighted by atomic mass is 16.4. The van der Waals surface area contributed by atoms with Gasteiger partial charge in [0, 0.05) is 5.39 Å². The number of oxime groups is 1. The van der Waals surface area contributed by atoms with E-state index in [0.717, 1.165) is 10.9 Å². The number of nitrogens with zero attached hydrogens (tertiary/aromatic N) is 4. The molecule has 0 amide bonds. The molecule has 18 heavy (non-hydrogen) atoms. The summed E-state index contributed by atoms with van der Waals surface area (Å²) in [6, 6.07) is 7.64. The highest BCUT2D eigenvalue weighted by molar-refractivity contribution is 6.40. The van der Waals surface area contributed by atoms with Gasteiger partial charge >= 0.3 is 0 Å². The Balaban J connectivity index is 2.33. The van der Waals surface area contributed by atoms with Gasteiger partial charge in [-0.25, -0.2) is 9.97 Å². The Bertz CT molecular complexity index is 615. The summed E-state index contributed by atoms with van der Waals surface area (Å²) in [5, 5.41) is 16.7. The highest BCUT2D eigenvalue weighted by Crippen LogP contribution is 2.18. The molecule has 2 N–H and O–H groups in total. The van der Waals surface area contributed by atoms with Crippen molar-refractivity contribution in [3.63, 3.8) is 0 Å². The first-order chi connectivity index (χ1) is 8.72. The lowest BCUT2D eigenvalue weighted by atomic mass is 10.2. The number of nitrogens with one attached hydrogen (secondary N) is 1. The molecule has 0 fully saturated rings. The molecule has 6 heteroatoms. The topological polar surface area (TPSA) is 82.8 Å². The Hall–Kier alpha value is -2.50. The number of hydrogen-bond acceptors (Lipinski definition) is 6. The lowest BCUT2D eigenvalue weighted by Gasteiger charge is -2.04. The smallest absolute Gasteiger partial charge is 0.157 e. The van der Waals surface area contributed by atoms with E-state index in [1.165, 1.54) is 6.33 Å². The van der Waals surface area contributed by atoms with E-state index in [1.54, 1.807) is 13.8 Å². The van der Waals surface area contributed by atoms with Crippen LogP contribution in [0.2, 0.25) is 0 Å². The van der Waals surface area contributed by atoms with Crippen LogP contribution in [-0.4, -0.2) is 26.6 Å². The molecule has 0 saturated carbocycles. The predicted molar refractivity (Wildman–Crippen MR) is 71.2 cm³/mol. The third kappa shape index (κ3) is 2.42. The zero-order valence-corrected chi connectivity index (χ0v) is 10.1. The van der Waals surface area contributed by atoms with E-state index in [9.17, 15) is 0 Å². The van der Waals surface area contributed by atoms with Crippen LogP contribution in [0, 0.1) is 0 Å². The fourth-order valence-corrected chi connectivity index (χ4v) is 1.38. The van der Waals surface area contributed by atoms with Gasteiger partial charge in [-0.2, -0.15) is 5.10 Å². The molecule has 6 nitrogen and oxygen atoms in total. The second-order valence-corrected chi connectivity index (χ2v) is 3.73. The Morgan fingerprint density at radius 1 is 1.17 bits per heavy atom. The van der Waals surface area contributed by atoms with Crippen molar-refractivity contribution >= 4 is 28.1 Å². The fraction of sp³-hybridized carbons (Fsp3) is 0.167. The van der Waals surface area contributed by atoms with Crippen LogP contribution < -0.4 is 5.43 Å². The third-order valence-electron chi connectivity index (χ3n) is 2.55. The Kier molecular flexibility index (Phi) is 3.47. The molecule has 92 valence electrons. The van der Waals surface area contributed by atoms with Crippen LogP contribution in [-0.2, 0) is 0 Å². The molecule has 2 aromatic rings. The van der Waals surface area contributed by atoms with Crippen molar-refractivity contribution in [2.75, 3.05) is 5.43 Å². The monoisotopic (exact) mass is 243 g/mol. The van der Waals surface area contributed by atoms with E-state index in [0.29, 0.717) is 17.2 Å². The van der Waals surface area contributed by atoms with E-state index in [-0.39, 0.29) is 0 Å². The van der Waals surface area contributed by atoms with Crippen molar-refractivity contribution in [2.45, 2.75) is 13.8 Å². The van der Waals surface area contributed by atoms with Crippen LogP contribution in [0.25, 0.3) is 10.9 Å². The lowest BCUT2D eigenvalue weighted by molar-refractivity contribution is 0.320. The highest BCUT2D eigenvalue weighted by Gasteiger charge is 2.02. The largest absolute Gasteiger partial charge is 0.411 e. The lowest BCUT2D eigenvalue weighted by Crippen LogP contribution is -2.08. The molecule has 0 spiro atoms. The van der Waals surface area contributed by atoms with Gasteiger partial charge in [0.2, 0.25) is 0 Å². The molecule has 0 aliphatic carbocycles. The summed E-state index contributed by atoms with van der Waals surface area (Å²) in [5.41, 5.74) is 4.72. The molecule has 0 atom stereocenters. The van der Waals surface area contributed by atoms with Crippen LogP contribution in [0.4, 0.5) is 5.82 Å². The van der Waals surface area contributed by atoms with E-state index in [2.05, 4.69) is 25.7 Å². The molecule has 0 bridgehead atoms. The summed E-state index contributed by atoms with van der Waals surface area (Å²) >= 11 is 0. The normalized spacial score (nSPS) is 12.8. The van der Waals surface area contributed by atoms with E-state index in [4.69, 9.17) is 5.21 Å². The van der Waals surface area contributed by atoms with Crippen molar-refractivity contribution in [1.29, 1.82) is 0 Å². The SMILES string of the molecule is CC(=N\O)/C(C)=N/Nc1ncnc2ccccc12. The maximum absolute atomic E-state index is 8.63. The summed E-state index contributed by atoms with van der Waals surface area (Å²) in [6.45, 7) is 3.41. The number of anilines is 1. The molecule has 1 aromatic carbocycles. The summed E-state index contributed by atoms with van der Waals surface area (Å²) < 4.78 is 0. The van der Waals surface area contributed by atoms with Crippen LogP contribution in [0.5, 0.6) is 0 Å². The van der Waals surface area contributed by atoms with Crippen molar-refractivity contribution in [2.24, 2.45) is 10.3 Å². The standard InChI is InChI=1S/C12H13N5O/c1-8(9(2)17-18)15-16-12-10-5-3-4-6-11(10)13-7-14-12/h3-7,18H,1-2H3,(H,13,14,16)/b15-8+,17-9+. The van der Waals surface area contributed by atoms with Gasteiger partial charge in [0.25, 0.3) is 0 Å². The fourth-order valence-electron chi connectivity index (χ4n) is 1.38. The number of hydrogen-bond donors (Lipinski definition) is 2. The molecule has 1 heterocycles. The van der Waals surface area contributed by atoms with E-state index >= 15 is 0 Å². The number of benzene rings is 1. The molecule has 0 aliphatic rings. The van der Waals surface area contributed by atoms with Gasteiger partial charge < -0.3 is 5.21 Å². The van der Waals surface area contributed by atoms with Gasteiger partial charge in [0.05, 0.1) is 16.9 Å². The summed E-state index contributed by atoms with van der Waals surface area (Å²) in [6.07, 6.45) is 1.47. The second-order valence-electron chi connectivity index (χ2n) is 3.73. The van der Waals surface area contributed by atoms with Crippen LogP contribution in [0.15, 0.2) is 40.8 Å². The molecule has 2 rings (SSSR count). The first-order valence-corrected chi connectivity index (χ1v) is 5.41. The average Bonchev–Trinajstić information content (AvgIpc) is 2.43. The third-order valence-corrected chi connectivity index (χ3v) is 2.55. The summed E-state index contributed by atoms with van der Waals surface area (Å²) in [5.74, 6) is 0.616. The van der Waals surface area contributed by atoms with Crippen LogP contribution in [0.3, 0.4) is 0 Å². The number of rotatable bonds is 3. The minimum absolute atomic E-state index is 0.445.